The standard InChI is InChI=1S/C22H24N4O2S/c1-2-24-12-14-25(15-13-24)20(27)16-29-22-23-19-11-7-6-10-18(19)21(28)26(22)17-8-4-3-5-9-17/h3-11H,2,12-16H2,1H3. The van der Waals surface area contributed by atoms with Crippen LogP contribution in [-0.2, 0) is 4.79 Å². The summed E-state index contributed by atoms with van der Waals surface area (Å²) in [5, 5.41) is 1.11. The number of aromatic nitrogens is 2. The van der Waals surface area contributed by atoms with E-state index in [1.807, 2.05) is 53.4 Å². The van der Waals surface area contributed by atoms with Crippen molar-refractivity contribution >= 4 is 28.6 Å². The third-order valence-electron chi connectivity index (χ3n) is 5.26. The van der Waals surface area contributed by atoms with E-state index in [0.29, 0.717) is 16.1 Å². The van der Waals surface area contributed by atoms with Crippen molar-refractivity contribution in [3.8, 4) is 5.69 Å². The SMILES string of the molecule is CCN1CCN(C(=O)CSc2nc3ccccc3c(=O)n2-c2ccccc2)CC1. The number of likely N-dealkylation sites (N-methyl/N-ethyl adjacent to an activating group) is 1. The van der Waals surface area contributed by atoms with Crippen LogP contribution in [0, 0.1) is 0 Å². The van der Waals surface area contributed by atoms with Gasteiger partial charge in [0.15, 0.2) is 5.16 Å². The van der Waals surface area contributed by atoms with E-state index in [1.54, 1.807) is 10.6 Å². The van der Waals surface area contributed by atoms with Crippen LogP contribution >= 0.6 is 11.8 Å². The summed E-state index contributed by atoms with van der Waals surface area (Å²) < 4.78 is 1.61. The molecule has 1 amide bonds. The quantitative estimate of drug-likeness (QED) is 0.480. The van der Waals surface area contributed by atoms with E-state index in [4.69, 9.17) is 4.98 Å². The number of rotatable bonds is 5. The summed E-state index contributed by atoms with van der Waals surface area (Å²) in [6, 6.07) is 16.8. The molecule has 0 N–H and O–H groups in total. The van der Waals surface area contributed by atoms with E-state index >= 15 is 0 Å². The maximum absolute atomic E-state index is 13.2. The summed E-state index contributed by atoms with van der Waals surface area (Å²) in [4.78, 5) is 34.9. The molecule has 0 atom stereocenters. The van der Waals surface area contributed by atoms with Crippen LogP contribution in [0.5, 0.6) is 0 Å². The predicted molar refractivity (Wildman–Crippen MR) is 117 cm³/mol. The van der Waals surface area contributed by atoms with Gasteiger partial charge in [0.25, 0.3) is 5.56 Å². The van der Waals surface area contributed by atoms with Crippen molar-refractivity contribution in [1.82, 2.24) is 19.4 Å². The lowest BCUT2D eigenvalue weighted by molar-refractivity contribution is -0.130. The molecule has 150 valence electrons. The van der Waals surface area contributed by atoms with Crippen molar-refractivity contribution in [2.75, 3.05) is 38.5 Å². The van der Waals surface area contributed by atoms with Gasteiger partial charge in [-0.05, 0) is 30.8 Å². The number of nitrogens with zero attached hydrogens (tertiary/aromatic N) is 4. The molecule has 0 aliphatic carbocycles. The molecule has 0 saturated carbocycles. The van der Waals surface area contributed by atoms with Crippen molar-refractivity contribution in [2.24, 2.45) is 0 Å². The van der Waals surface area contributed by atoms with Gasteiger partial charge in [0.1, 0.15) is 0 Å². The Bertz CT molecular complexity index is 1060. The van der Waals surface area contributed by atoms with Crippen molar-refractivity contribution in [3.63, 3.8) is 0 Å². The minimum Gasteiger partial charge on any atom is -0.339 e. The van der Waals surface area contributed by atoms with Crippen LogP contribution in [0.25, 0.3) is 16.6 Å². The number of carbonyl (C=O) groups is 1. The number of hydrogen-bond acceptors (Lipinski definition) is 5. The molecule has 4 rings (SSSR count). The molecule has 2 heterocycles. The first kappa shape index (κ1) is 19.7. The molecule has 29 heavy (non-hydrogen) atoms. The van der Waals surface area contributed by atoms with Crippen molar-refractivity contribution in [3.05, 3.63) is 65.0 Å². The zero-order valence-corrected chi connectivity index (χ0v) is 17.3. The molecular formula is C22H24N4O2S. The third kappa shape index (κ3) is 4.21. The topological polar surface area (TPSA) is 58.4 Å². The molecular weight excluding hydrogens is 384 g/mol. The number of carbonyl (C=O) groups excluding carboxylic acids is 1. The van der Waals surface area contributed by atoms with E-state index < -0.39 is 0 Å². The average molecular weight is 409 g/mol. The normalized spacial score (nSPS) is 15.0. The second-order valence-corrected chi connectivity index (χ2v) is 7.93. The van der Waals surface area contributed by atoms with Gasteiger partial charge in [0.2, 0.25) is 5.91 Å². The maximum atomic E-state index is 13.2. The van der Waals surface area contributed by atoms with Crippen LogP contribution in [0.1, 0.15) is 6.92 Å². The molecule has 0 radical (unpaired) electrons. The summed E-state index contributed by atoms with van der Waals surface area (Å²) in [6.07, 6.45) is 0. The van der Waals surface area contributed by atoms with Gasteiger partial charge in [-0.1, -0.05) is 49.0 Å². The maximum Gasteiger partial charge on any atom is 0.266 e. The van der Waals surface area contributed by atoms with Gasteiger partial charge >= 0.3 is 0 Å². The highest BCUT2D eigenvalue weighted by Crippen LogP contribution is 2.22. The van der Waals surface area contributed by atoms with Crippen LogP contribution in [0.3, 0.4) is 0 Å². The monoisotopic (exact) mass is 408 g/mol. The van der Waals surface area contributed by atoms with Crippen LogP contribution in [0.2, 0.25) is 0 Å². The smallest absolute Gasteiger partial charge is 0.266 e. The minimum absolute atomic E-state index is 0.0905. The lowest BCUT2D eigenvalue weighted by Gasteiger charge is -2.34. The second-order valence-electron chi connectivity index (χ2n) is 6.99. The van der Waals surface area contributed by atoms with Crippen molar-refractivity contribution in [1.29, 1.82) is 0 Å². The van der Waals surface area contributed by atoms with E-state index in [0.717, 1.165) is 38.4 Å². The van der Waals surface area contributed by atoms with E-state index in [-0.39, 0.29) is 17.2 Å². The lowest BCUT2D eigenvalue weighted by atomic mass is 10.2. The number of hydrogen-bond donors (Lipinski definition) is 0. The molecule has 0 bridgehead atoms. The van der Waals surface area contributed by atoms with E-state index in [1.165, 1.54) is 11.8 Å². The highest BCUT2D eigenvalue weighted by Gasteiger charge is 2.21. The Morgan fingerprint density at radius 1 is 1.00 bits per heavy atom. The molecule has 0 spiro atoms. The van der Waals surface area contributed by atoms with E-state index in [2.05, 4.69) is 11.8 Å². The zero-order valence-electron chi connectivity index (χ0n) is 16.5. The zero-order chi connectivity index (χ0) is 20.2. The molecule has 6 nitrogen and oxygen atoms in total. The molecule has 1 aromatic heterocycles. The molecule has 1 aliphatic heterocycles. The minimum atomic E-state index is -0.117. The highest BCUT2D eigenvalue weighted by atomic mass is 32.2. The molecule has 1 saturated heterocycles. The van der Waals surface area contributed by atoms with Gasteiger partial charge in [-0.3, -0.25) is 14.2 Å². The van der Waals surface area contributed by atoms with Crippen molar-refractivity contribution in [2.45, 2.75) is 12.1 Å². The second kappa shape index (κ2) is 8.80. The summed E-state index contributed by atoms with van der Waals surface area (Å²) in [6.45, 7) is 6.49. The fraction of sp³-hybridized carbons (Fsp3) is 0.318. The molecule has 1 fully saturated rings. The largest absolute Gasteiger partial charge is 0.339 e. The van der Waals surface area contributed by atoms with Gasteiger partial charge in [-0.15, -0.1) is 0 Å². The number of thioether (sulfide) groups is 1. The molecule has 2 aromatic carbocycles. The number of piperazine rings is 1. The molecule has 3 aromatic rings. The summed E-state index contributed by atoms with van der Waals surface area (Å²) in [5.74, 6) is 0.358. The molecule has 1 aliphatic rings. The van der Waals surface area contributed by atoms with Crippen LogP contribution in [-0.4, -0.2) is 63.7 Å². The van der Waals surface area contributed by atoms with E-state index in [9.17, 15) is 9.59 Å². The van der Waals surface area contributed by atoms with Gasteiger partial charge in [0.05, 0.1) is 22.3 Å². The Kier molecular flexibility index (Phi) is 5.97. The first-order chi connectivity index (χ1) is 14.2. The first-order valence-electron chi connectivity index (χ1n) is 9.87. The number of para-hydroxylation sites is 2. The number of fused-ring (bicyclic) bond motifs is 1. The predicted octanol–water partition coefficient (Wildman–Crippen LogP) is 2.64. The molecule has 7 heteroatoms. The fourth-order valence-electron chi connectivity index (χ4n) is 3.55. The summed E-state index contributed by atoms with van der Waals surface area (Å²) in [7, 11) is 0. The van der Waals surface area contributed by atoms with Gasteiger partial charge < -0.3 is 9.80 Å². The Morgan fingerprint density at radius 2 is 1.69 bits per heavy atom. The lowest BCUT2D eigenvalue weighted by Crippen LogP contribution is -2.49. The summed E-state index contributed by atoms with van der Waals surface area (Å²) in [5.41, 5.74) is 1.28. The first-order valence-corrected chi connectivity index (χ1v) is 10.9. The number of amides is 1. The summed E-state index contributed by atoms with van der Waals surface area (Å²) >= 11 is 1.33. The Hall–Kier alpha value is -2.64. The Labute approximate surface area is 174 Å². The fourth-order valence-corrected chi connectivity index (χ4v) is 4.46. The Morgan fingerprint density at radius 3 is 2.41 bits per heavy atom. The van der Waals surface area contributed by atoms with Crippen LogP contribution < -0.4 is 5.56 Å². The van der Waals surface area contributed by atoms with Crippen molar-refractivity contribution < 1.29 is 4.79 Å². The van der Waals surface area contributed by atoms with Gasteiger partial charge in [-0.25, -0.2) is 4.98 Å². The third-order valence-corrected chi connectivity index (χ3v) is 6.18. The Balaban J connectivity index is 1.61. The van der Waals surface area contributed by atoms with Crippen LogP contribution in [0.15, 0.2) is 64.5 Å². The highest BCUT2D eigenvalue weighted by molar-refractivity contribution is 7.99. The van der Waals surface area contributed by atoms with Gasteiger partial charge in [0, 0.05) is 26.2 Å². The molecule has 0 unspecified atom stereocenters. The van der Waals surface area contributed by atoms with Crippen LogP contribution in [0.4, 0.5) is 0 Å². The van der Waals surface area contributed by atoms with Gasteiger partial charge in [-0.2, -0.15) is 0 Å². The average Bonchev–Trinajstić information content (AvgIpc) is 2.78. The number of benzene rings is 2.